The Kier molecular flexibility index (Phi) is 6.22. The number of hydrogen-bond acceptors (Lipinski definition) is 7. The lowest BCUT2D eigenvalue weighted by Crippen LogP contribution is -2.13. The number of ether oxygens (including phenoxy) is 1. The van der Waals surface area contributed by atoms with Crippen molar-refractivity contribution in [3.05, 3.63) is 77.7 Å². The minimum absolute atomic E-state index is 0.287. The maximum absolute atomic E-state index is 12.8. The Morgan fingerprint density at radius 3 is 2.58 bits per heavy atom. The summed E-state index contributed by atoms with van der Waals surface area (Å²) in [6.45, 7) is 3.79. The molecule has 0 unspecified atom stereocenters. The summed E-state index contributed by atoms with van der Waals surface area (Å²) in [7, 11) is 1.44. The summed E-state index contributed by atoms with van der Waals surface area (Å²) >= 11 is 1.09. The largest absolute Gasteiger partial charge is 0.457 e. The van der Waals surface area contributed by atoms with Gasteiger partial charge in [0.05, 0.1) is 19.2 Å². The van der Waals surface area contributed by atoms with Gasteiger partial charge in [0.15, 0.2) is 11.3 Å². The summed E-state index contributed by atoms with van der Waals surface area (Å²) < 4.78 is 16.7. The lowest BCUT2D eigenvalue weighted by Gasteiger charge is -2.10. The van der Waals surface area contributed by atoms with E-state index in [-0.39, 0.29) is 5.91 Å². The number of benzene rings is 2. The molecule has 31 heavy (non-hydrogen) atoms. The van der Waals surface area contributed by atoms with E-state index in [0.717, 1.165) is 33.6 Å². The molecule has 0 saturated heterocycles. The smallest absolute Gasteiger partial charge is 0.256 e. The second-order valence-electron chi connectivity index (χ2n) is 6.82. The van der Waals surface area contributed by atoms with Crippen molar-refractivity contribution in [1.29, 1.82) is 0 Å². The highest BCUT2D eigenvalue weighted by Crippen LogP contribution is 2.34. The lowest BCUT2D eigenvalue weighted by atomic mass is 10.1. The first-order chi connectivity index (χ1) is 15.0. The molecule has 1 amide bonds. The number of anilines is 1. The molecule has 7 nitrogen and oxygen atoms in total. The van der Waals surface area contributed by atoms with Crippen molar-refractivity contribution < 1.29 is 23.2 Å². The molecule has 0 atom stereocenters. The zero-order valence-corrected chi connectivity index (χ0v) is 18.0. The molecule has 0 radical (unpaired) electrons. The van der Waals surface area contributed by atoms with Gasteiger partial charge in [-0.3, -0.25) is 4.79 Å². The number of rotatable bonds is 7. The molecule has 158 valence electrons. The second-order valence-corrected chi connectivity index (χ2v) is 7.59. The number of amides is 1. The Morgan fingerprint density at radius 1 is 1.06 bits per heavy atom. The quantitative estimate of drug-likeness (QED) is 0.214. The van der Waals surface area contributed by atoms with Crippen molar-refractivity contribution >= 4 is 34.7 Å². The summed E-state index contributed by atoms with van der Waals surface area (Å²) in [5.41, 5.74) is 2.03. The van der Waals surface area contributed by atoms with Crippen molar-refractivity contribution in [2.45, 2.75) is 18.7 Å². The highest BCUT2D eigenvalue weighted by Gasteiger charge is 2.16. The van der Waals surface area contributed by atoms with Gasteiger partial charge in [0.1, 0.15) is 17.3 Å². The molecule has 0 aliphatic rings. The van der Waals surface area contributed by atoms with Crippen LogP contribution in [0.1, 0.15) is 21.7 Å². The summed E-state index contributed by atoms with van der Waals surface area (Å²) in [6, 6.07) is 16.2. The first kappa shape index (κ1) is 20.9. The third-order valence-electron chi connectivity index (χ3n) is 4.37. The Bertz CT molecular complexity index is 1200. The van der Waals surface area contributed by atoms with Crippen LogP contribution in [-0.2, 0) is 9.22 Å². The Balaban J connectivity index is 1.61. The SMILES string of the molecule is COOSc1ccc(Oc2cc(C(=O)Nc3ccc(C)cn3)cc3cc(C)oc23)cc1. The third kappa shape index (κ3) is 5.05. The van der Waals surface area contributed by atoms with Crippen LogP contribution in [0.25, 0.3) is 11.0 Å². The first-order valence-electron chi connectivity index (χ1n) is 9.45. The van der Waals surface area contributed by atoms with E-state index in [0.29, 0.717) is 28.5 Å². The number of pyridine rings is 1. The van der Waals surface area contributed by atoms with Crippen LogP contribution in [0.4, 0.5) is 5.82 Å². The molecule has 0 aliphatic heterocycles. The van der Waals surface area contributed by atoms with Crippen LogP contribution < -0.4 is 10.1 Å². The average molecular weight is 436 g/mol. The molecule has 2 aromatic heterocycles. The van der Waals surface area contributed by atoms with Crippen molar-refractivity contribution in [2.75, 3.05) is 12.4 Å². The highest BCUT2D eigenvalue weighted by atomic mass is 32.2. The fourth-order valence-corrected chi connectivity index (χ4v) is 3.34. The minimum Gasteiger partial charge on any atom is -0.457 e. The van der Waals surface area contributed by atoms with Crippen molar-refractivity contribution in [2.24, 2.45) is 0 Å². The number of carbonyl (C=O) groups excluding carboxylic acids is 1. The Morgan fingerprint density at radius 2 is 1.87 bits per heavy atom. The van der Waals surface area contributed by atoms with Gasteiger partial charge < -0.3 is 14.5 Å². The molecule has 0 fully saturated rings. The Labute approximate surface area is 183 Å². The fraction of sp³-hybridized carbons (Fsp3) is 0.130. The second kappa shape index (κ2) is 9.22. The van der Waals surface area contributed by atoms with Crippen molar-refractivity contribution in [3.63, 3.8) is 0 Å². The number of nitrogens with zero attached hydrogens (tertiary/aromatic N) is 1. The van der Waals surface area contributed by atoms with Gasteiger partial charge in [0.25, 0.3) is 5.91 Å². The number of aryl methyl sites for hydroxylation is 2. The zero-order valence-electron chi connectivity index (χ0n) is 17.2. The van der Waals surface area contributed by atoms with Crippen molar-refractivity contribution in [3.8, 4) is 11.5 Å². The Hall–Kier alpha value is -3.33. The van der Waals surface area contributed by atoms with Gasteiger partial charge in [-0.05, 0) is 67.9 Å². The predicted octanol–water partition coefficient (Wildman–Crippen LogP) is 6.07. The molecule has 0 saturated carbocycles. The van der Waals surface area contributed by atoms with Crippen LogP contribution in [0.15, 0.2) is 70.1 Å². The fourth-order valence-electron chi connectivity index (χ4n) is 2.95. The van der Waals surface area contributed by atoms with Gasteiger partial charge >= 0.3 is 0 Å². The predicted molar refractivity (Wildman–Crippen MR) is 118 cm³/mol. The van der Waals surface area contributed by atoms with E-state index in [9.17, 15) is 4.79 Å². The summed E-state index contributed by atoms with van der Waals surface area (Å²) in [6.07, 6.45) is 1.70. The summed E-state index contributed by atoms with van der Waals surface area (Å²) in [4.78, 5) is 22.5. The van der Waals surface area contributed by atoms with E-state index in [1.165, 1.54) is 7.11 Å². The highest BCUT2D eigenvalue weighted by molar-refractivity contribution is 7.94. The zero-order chi connectivity index (χ0) is 21.8. The van der Waals surface area contributed by atoms with Crippen LogP contribution in [-0.4, -0.2) is 18.0 Å². The number of nitrogens with one attached hydrogen (secondary N) is 1. The molecule has 4 rings (SSSR count). The van der Waals surface area contributed by atoms with E-state index < -0.39 is 0 Å². The van der Waals surface area contributed by atoms with Crippen LogP contribution in [0.2, 0.25) is 0 Å². The third-order valence-corrected chi connectivity index (χ3v) is 5.04. The molecule has 0 bridgehead atoms. The number of furan rings is 1. The average Bonchev–Trinajstić information content (AvgIpc) is 3.15. The number of hydrogen-bond donors (Lipinski definition) is 1. The number of aromatic nitrogens is 1. The minimum atomic E-state index is -0.287. The van der Waals surface area contributed by atoms with E-state index in [1.807, 2.05) is 38.1 Å². The van der Waals surface area contributed by atoms with Gasteiger partial charge in [-0.2, -0.15) is 4.33 Å². The summed E-state index contributed by atoms with van der Waals surface area (Å²) in [5, 5.41) is 3.59. The molecule has 0 spiro atoms. The lowest BCUT2D eigenvalue weighted by molar-refractivity contribution is -0.160. The van der Waals surface area contributed by atoms with Gasteiger partial charge in [0, 0.05) is 22.0 Å². The molecule has 4 aromatic rings. The molecule has 2 heterocycles. The maximum atomic E-state index is 12.8. The normalized spacial score (nSPS) is 10.9. The van der Waals surface area contributed by atoms with E-state index >= 15 is 0 Å². The van der Waals surface area contributed by atoms with E-state index in [1.54, 1.807) is 36.5 Å². The molecule has 0 aliphatic carbocycles. The molecule has 8 heteroatoms. The van der Waals surface area contributed by atoms with E-state index in [2.05, 4.69) is 15.2 Å². The molecular formula is C23H20N2O5S. The molecule has 2 aromatic carbocycles. The number of carbonyl (C=O) groups is 1. The summed E-state index contributed by atoms with van der Waals surface area (Å²) in [5.74, 6) is 1.95. The van der Waals surface area contributed by atoms with Crippen LogP contribution >= 0.6 is 12.0 Å². The monoisotopic (exact) mass is 436 g/mol. The number of fused-ring (bicyclic) bond motifs is 1. The first-order valence-corrected chi connectivity index (χ1v) is 10.2. The topological polar surface area (TPSA) is 82.8 Å². The molecular weight excluding hydrogens is 416 g/mol. The maximum Gasteiger partial charge on any atom is 0.256 e. The van der Waals surface area contributed by atoms with Gasteiger partial charge in [-0.25, -0.2) is 9.87 Å². The van der Waals surface area contributed by atoms with Gasteiger partial charge in [0.2, 0.25) is 0 Å². The van der Waals surface area contributed by atoms with Gasteiger partial charge in [-0.15, -0.1) is 0 Å². The van der Waals surface area contributed by atoms with E-state index in [4.69, 9.17) is 13.5 Å². The van der Waals surface area contributed by atoms with Crippen LogP contribution in [0, 0.1) is 13.8 Å². The van der Waals surface area contributed by atoms with Crippen LogP contribution in [0.5, 0.6) is 11.5 Å². The van der Waals surface area contributed by atoms with Crippen molar-refractivity contribution in [1.82, 2.24) is 4.98 Å². The molecule has 1 N–H and O–H groups in total. The van der Waals surface area contributed by atoms with Crippen LogP contribution in [0.3, 0.4) is 0 Å². The standard InChI is InChI=1S/C23H20N2O5S/c1-14-4-9-21(24-13-14)25-23(26)17-11-16-10-15(2)28-22(16)20(12-17)29-18-5-7-19(8-6-18)31-30-27-3/h4-13H,1-3H3,(H,24,25,26). The van der Waals surface area contributed by atoms with Gasteiger partial charge in [-0.1, -0.05) is 6.07 Å².